The lowest BCUT2D eigenvalue weighted by Gasteiger charge is -2.34. The number of nitrogens with zero attached hydrogens (tertiary/aromatic N) is 1. The Labute approximate surface area is 155 Å². The number of carbonyl (C=O) groups is 2. The minimum Gasteiger partial charge on any atom is -0.444 e. The molecule has 0 aliphatic carbocycles. The highest BCUT2D eigenvalue weighted by molar-refractivity contribution is 5.68. The van der Waals surface area contributed by atoms with Crippen LogP contribution < -0.4 is 0 Å². The van der Waals surface area contributed by atoms with E-state index in [1.54, 1.807) is 11.0 Å². The van der Waals surface area contributed by atoms with Gasteiger partial charge in [0.2, 0.25) is 0 Å². The lowest BCUT2D eigenvalue weighted by Crippen LogP contribution is -2.41. The number of piperidine rings is 1. The van der Waals surface area contributed by atoms with E-state index in [1.165, 1.54) is 6.07 Å². The van der Waals surface area contributed by atoms with Crippen molar-refractivity contribution in [3.63, 3.8) is 0 Å². The highest BCUT2D eigenvalue weighted by Crippen LogP contribution is 2.32. The number of aldehydes is 1. The van der Waals surface area contributed by atoms with Gasteiger partial charge in [0.1, 0.15) is 17.7 Å². The lowest BCUT2D eigenvalue weighted by molar-refractivity contribution is -0.111. The molecule has 144 valence electrons. The zero-order chi connectivity index (χ0) is 19.3. The predicted octanol–water partition coefficient (Wildman–Crippen LogP) is 4.71. The number of halogens is 1. The summed E-state index contributed by atoms with van der Waals surface area (Å²) in [7, 11) is 0. The van der Waals surface area contributed by atoms with E-state index in [9.17, 15) is 14.0 Å². The fourth-order valence-corrected chi connectivity index (χ4v) is 3.42. The molecule has 1 aromatic rings. The third kappa shape index (κ3) is 5.55. The first-order valence-electron chi connectivity index (χ1n) is 9.45. The van der Waals surface area contributed by atoms with Crippen LogP contribution in [0.2, 0.25) is 0 Å². The molecule has 0 aromatic heterocycles. The first kappa shape index (κ1) is 20.4. The van der Waals surface area contributed by atoms with Crippen LogP contribution in [0.25, 0.3) is 0 Å². The van der Waals surface area contributed by atoms with Crippen LogP contribution in [0, 0.1) is 11.7 Å². The smallest absolute Gasteiger partial charge is 0.410 e. The average Bonchev–Trinajstić information content (AvgIpc) is 2.58. The molecule has 0 saturated carbocycles. The molecule has 5 heteroatoms. The fraction of sp³-hybridized carbons (Fsp3) is 0.619. The van der Waals surface area contributed by atoms with Crippen LogP contribution in [0.1, 0.15) is 64.0 Å². The predicted molar refractivity (Wildman–Crippen MR) is 99.7 cm³/mol. The van der Waals surface area contributed by atoms with Crippen LogP contribution in [0.4, 0.5) is 9.18 Å². The van der Waals surface area contributed by atoms with Gasteiger partial charge in [-0.3, -0.25) is 0 Å². The van der Waals surface area contributed by atoms with Crippen molar-refractivity contribution in [2.24, 2.45) is 5.92 Å². The summed E-state index contributed by atoms with van der Waals surface area (Å²) in [4.78, 5) is 25.1. The number of amides is 1. The van der Waals surface area contributed by atoms with Crippen LogP contribution in [0.5, 0.6) is 0 Å². The van der Waals surface area contributed by atoms with Crippen LogP contribution >= 0.6 is 0 Å². The van der Waals surface area contributed by atoms with Crippen LogP contribution in [0.3, 0.4) is 0 Å². The summed E-state index contributed by atoms with van der Waals surface area (Å²) in [5.41, 5.74) is 1.53. The van der Waals surface area contributed by atoms with Crippen molar-refractivity contribution in [2.75, 3.05) is 13.1 Å². The molecule has 1 unspecified atom stereocenters. The Morgan fingerprint density at radius 2 is 2.00 bits per heavy atom. The molecule has 2 rings (SSSR count). The van der Waals surface area contributed by atoms with Crippen LogP contribution in [-0.2, 0) is 16.0 Å². The van der Waals surface area contributed by atoms with Gasteiger partial charge in [-0.15, -0.1) is 0 Å². The molecule has 0 N–H and O–H groups in total. The van der Waals surface area contributed by atoms with Crippen molar-refractivity contribution >= 4 is 12.4 Å². The maximum atomic E-state index is 13.7. The van der Waals surface area contributed by atoms with Gasteiger partial charge >= 0.3 is 6.09 Å². The molecular formula is C21H30FNO3. The van der Waals surface area contributed by atoms with Crippen LogP contribution in [0.15, 0.2) is 18.2 Å². The molecule has 26 heavy (non-hydrogen) atoms. The van der Waals surface area contributed by atoms with Gasteiger partial charge in [0.25, 0.3) is 0 Å². The highest BCUT2D eigenvalue weighted by atomic mass is 19.1. The molecule has 1 fully saturated rings. The molecule has 0 bridgehead atoms. The summed E-state index contributed by atoms with van der Waals surface area (Å²) < 4.78 is 19.2. The van der Waals surface area contributed by atoms with Gasteiger partial charge in [-0.2, -0.15) is 0 Å². The molecule has 1 atom stereocenters. The van der Waals surface area contributed by atoms with Gasteiger partial charge in [0.05, 0.1) is 0 Å². The van der Waals surface area contributed by atoms with Gasteiger partial charge in [0.15, 0.2) is 0 Å². The van der Waals surface area contributed by atoms with Gasteiger partial charge in [-0.05, 0) is 75.6 Å². The molecule has 1 aliphatic heterocycles. The fourth-order valence-electron chi connectivity index (χ4n) is 3.42. The Morgan fingerprint density at radius 1 is 1.35 bits per heavy atom. The molecule has 1 aromatic carbocycles. The second-order valence-corrected chi connectivity index (χ2v) is 8.09. The monoisotopic (exact) mass is 363 g/mol. The van der Waals surface area contributed by atoms with E-state index in [2.05, 4.69) is 0 Å². The number of likely N-dealkylation sites (tertiary alicyclic amines) is 1. The summed E-state index contributed by atoms with van der Waals surface area (Å²) in [5, 5.41) is 0. The molecule has 1 saturated heterocycles. The van der Waals surface area contributed by atoms with E-state index in [-0.39, 0.29) is 23.7 Å². The largest absolute Gasteiger partial charge is 0.444 e. The summed E-state index contributed by atoms with van der Waals surface area (Å²) >= 11 is 0. The topological polar surface area (TPSA) is 46.6 Å². The normalized spacial score (nSPS) is 17.0. The second kappa shape index (κ2) is 8.65. The number of rotatable bonds is 5. The Balaban J connectivity index is 2.07. The van der Waals surface area contributed by atoms with Gasteiger partial charge in [-0.1, -0.05) is 13.0 Å². The van der Waals surface area contributed by atoms with Gasteiger partial charge in [0, 0.05) is 19.0 Å². The van der Waals surface area contributed by atoms with E-state index in [0.717, 1.165) is 36.7 Å². The Bertz CT molecular complexity index is 631. The zero-order valence-electron chi connectivity index (χ0n) is 16.3. The van der Waals surface area contributed by atoms with E-state index in [4.69, 9.17) is 4.74 Å². The third-order valence-corrected chi connectivity index (χ3v) is 4.89. The van der Waals surface area contributed by atoms with Gasteiger partial charge in [-0.25, -0.2) is 9.18 Å². The molecule has 1 aliphatic rings. The van der Waals surface area contributed by atoms with Crippen molar-refractivity contribution in [2.45, 2.75) is 64.9 Å². The SMILES string of the molecule is CCC(C=O)Cc1cc(F)ccc1C1CCN(C(=O)OC(C)(C)C)CC1. The number of hydrogen-bond acceptors (Lipinski definition) is 3. The minimum atomic E-state index is -0.498. The number of carbonyl (C=O) groups excluding carboxylic acids is 2. The Morgan fingerprint density at radius 3 is 2.54 bits per heavy atom. The molecule has 0 spiro atoms. The van der Waals surface area contributed by atoms with Crippen molar-refractivity contribution in [3.05, 3.63) is 35.1 Å². The number of ether oxygens (including phenoxy) is 1. The van der Waals surface area contributed by atoms with E-state index in [0.29, 0.717) is 19.5 Å². The van der Waals surface area contributed by atoms with E-state index >= 15 is 0 Å². The van der Waals surface area contributed by atoms with E-state index < -0.39 is 5.60 Å². The average molecular weight is 363 g/mol. The zero-order valence-corrected chi connectivity index (χ0v) is 16.3. The standard InChI is InChI=1S/C21H30FNO3/c1-5-15(14-24)12-17-13-18(22)6-7-19(17)16-8-10-23(11-9-16)20(25)26-21(2,3)4/h6-7,13-16H,5,8-12H2,1-4H3. The number of hydrogen-bond donors (Lipinski definition) is 0. The van der Waals surface area contributed by atoms with E-state index in [1.807, 2.05) is 33.8 Å². The molecule has 4 nitrogen and oxygen atoms in total. The first-order chi connectivity index (χ1) is 12.2. The molecule has 1 heterocycles. The third-order valence-electron chi connectivity index (χ3n) is 4.89. The summed E-state index contributed by atoms with van der Waals surface area (Å²) in [6.07, 6.45) is 3.63. The Hall–Kier alpha value is -1.91. The maximum absolute atomic E-state index is 13.7. The quantitative estimate of drug-likeness (QED) is 0.712. The summed E-state index contributed by atoms with van der Waals surface area (Å²) in [6.45, 7) is 8.80. The number of benzene rings is 1. The summed E-state index contributed by atoms with van der Waals surface area (Å²) in [5.74, 6) is -0.0819. The van der Waals surface area contributed by atoms with Crippen molar-refractivity contribution in [1.82, 2.24) is 4.90 Å². The molecule has 0 radical (unpaired) electrons. The first-order valence-corrected chi connectivity index (χ1v) is 9.45. The maximum Gasteiger partial charge on any atom is 0.410 e. The van der Waals surface area contributed by atoms with Crippen molar-refractivity contribution in [3.8, 4) is 0 Å². The molecule has 1 amide bonds. The highest BCUT2D eigenvalue weighted by Gasteiger charge is 2.28. The van der Waals surface area contributed by atoms with Crippen molar-refractivity contribution in [1.29, 1.82) is 0 Å². The minimum absolute atomic E-state index is 0.0857. The van der Waals surface area contributed by atoms with Crippen molar-refractivity contribution < 1.29 is 18.7 Å². The lowest BCUT2D eigenvalue weighted by atomic mass is 9.83. The summed E-state index contributed by atoms with van der Waals surface area (Å²) in [6, 6.07) is 4.89. The van der Waals surface area contributed by atoms with Gasteiger partial charge < -0.3 is 14.4 Å². The van der Waals surface area contributed by atoms with Crippen LogP contribution in [-0.4, -0.2) is 36.0 Å². The molecular weight excluding hydrogens is 333 g/mol. The second-order valence-electron chi connectivity index (χ2n) is 8.09. The Kier molecular flexibility index (Phi) is 6.79.